The van der Waals surface area contributed by atoms with E-state index in [0.29, 0.717) is 5.92 Å². The van der Waals surface area contributed by atoms with Crippen LogP contribution in [0, 0.1) is 12.8 Å². The minimum absolute atomic E-state index is 0.621. The molecule has 0 fully saturated rings. The summed E-state index contributed by atoms with van der Waals surface area (Å²) in [7, 11) is 0. The Labute approximate surface area is 134 Å². The molecular formula is C16H21N5S. The Bertz CT molecular complexity index is 745. The van der Waals surface area contributed by atoms with Gasteiger partial charge < -0.3 is 5.32 Å². The van der Waals surface area contributed by atoms with Gasteiger partial charge in [0.1, 0.15) is 16.5 Å². The molecule has 0 spiro atoms. The van der Waals surface area contributed by atoms with Crippen molar-refractivity contribution in [3.8, 4) is 0 Å². The molecule has 0 radical (unpaired) electrons. The number of anilines is 1. The number of hydrogen-bond acceptors (Lipinski definition) is 5. The fourth-order valence-corrected chi connectivity index (χ4v) is 3.55. The van der Waals surface area contributed by atoms with Crippen LogP contribution in [0.5, 0.6) is 0 Å². The molecule has 3 aromatic rings. The standard InChI is InChI=1S/C16H21N5S/c1-11(2)9-13-10-22-16-14(13)15(19-12(3)20-16)17-6-8-21-7-4-5-18-21/h4-5,7,10-11H,6,8-9H2,1-3H3,(H,17,19,20). The number of rotatable bonds is 6. The van der Waals surface area contributed by atoms with Gasteiger partial charge in [0.05, 0.1) is 11.9 Å². The lowest BCUT2D eigenvalue weighted by molar-refractivity contribution is 0.637. The molecule has 0 saturated heterocycles. The van der Waals surface area contributed by atoms with E-state index in [1.54, 1.807) is 17.5 Å². The van der Waals surface area contributed by atoms with E-state index in [1.807, 2.05) is 23.9 Å². The van der Waals surface area contributed by atoms with Gasteiger partial charge in [0.15, 0.2) is 0 Å². The maximum absolute atomic E-state index is 4.62. The Kier molecular flexibility index (Phi) is 4.38. The third-order valence-electron chi connectivity index (χ3n) is 3.44. The van der Waals surface area contributed by atoms with Gasteiger partial charge in [0.2, 0.25) is 0 Å². The third kappa shape index (κ3) is 3.27. The fraction of sp³-hybridized carbons (Fsp3) is 0.438. The van der Waals surface area contributed by atoms with E-state index in [9.17, 15) is 0 Å². The summed E-state index contributed by atoms with van der Waals surface area (Å²) in [4.78, 5) is 10.3. The van der Waals surface area contributed by atoms with Gasteiger partial charge in [0, 0.05) is 18.9 Å². The number of aromatic nitrogens is 4. The number of hydrogen-bond donors (Lipinski definition) is 1. The summed E-state index contributed by atoms with van der Waals surface area (Å²) < 4.78 is 1.92. The van der Waals surface area contributed by atoms with Crippen molar-refractivity contribution in [2.45, 2.75) is 33.7 Å². The van der Waals surface area contributed by atoms with E-state index >= 15 is 0 Å². The summed E-state index contributed by atoms with van der Waals surface area (Å²) >= 11 is 1.71. The fourth-order valence-electron chi connectivity index (χ4n) is 2.55. The van der Waals surface area contributed by atoms with Gasteiger partial charge in [-0.15, -0.1) is 11.3 Å². The van der Waals surface area contributed by atoms with Crippen LogP contribution in [-0.4, -0.2) is 26.3 Å². The molecule has 0 saturated carbocycles. The number of thiophene rings is 1. The molecule has 0 aliphatic carbocycles. The molecule has 0 atom stereocenters. The first-order chi connectivity index (χ1) is 10.6. The van der Waals surface area contributed by atoms with Crippen LogP contribution in [0.2, 0.25) is 0 Å². The first kappa shape index (κ1) is 15.0. The predicted octanol–water partition coefficient (Wildman–Crippen LogP) is 3.51. The van der Waals surface area contributed by atoms with Crippen molar-refractivity contribution in [3.63, 3.8) is 0 Å². The van der Waals surface area contributed by atoms with Crippen LogP contribution >= 0.6 is 11.3 Å². The first-order valence-corrected chi connectivity index (χ1v) is 8.47. The summed E-state index contributed by atoms with van der Waals surface area (Å²) in [6, 6.07) is 1.94. The average Bonchev–Trinajstić information content (AvgIpc) is 3.08. The van der Waals surface area contributed by atoms with Crippen molar-refractivity contribution >= 4 is 27.4 Å². The van der Waals surface area contributed by atoms with Crippen molar-refractivity contribution in [2.24, 2.45) is 5.92 Å². The van der Waals surface area contributed by atoms with E-state index in [2.05, 4.69) is 39.6 Å². The van der Waals surface area contributed by atoms with Gasteiger partial charge in [-0.25, -0.2) is 9.97 Å². The monoisotopic (exact) mass is 315 g/mol. The average molecular weight is 315 g/mol. The molecule has 116 valence electrons. The van der Waals surface area contributed by atoms with Crippen molar-refractivity contribution in [2.75, 3.05) is 11.9 Å². The largest absolute Gasteiger partial charge is 0.368 e. The van der Waals surface area contributed by atoms with Crippen molar-refractivity contribution < 1.29 is 0 Å². The van der Waals surface area contributed by atoms with Gasteiger partial charge in [-0.1, -0.05) is 13.8 Å². The lowest BCUT2D eigenvalue weighted by atomic mass is 10.0. The van der Waals surface area contributed by atoms with Crippen LogP contribution < -0.4 is 5.32 Å². The highest BCUT2D eigenvalue weighted by atomic mass is 32.1. The Morgan fingerprint density at radius 1 is 1.32 bits per heavy atom. The van der Waals surface area contributed by atoms with Gasteiger partial charge in [-0.3, -0.25) is 4.68 Å². The third-order valence-corrected chi connectivity index (χ3v) is 4.36. The zero-order valence-corrected chi connectivity index (χ0v) is 14.0. The van der Waals surface area contributed by atoms with Crippen LogP contribution in [0.4, 0.5) is 5.82 Å². The Balaban J connectivity index is 1.84. The molecule has 0 aliphatic heterocycles. The summed E-state index contributed by atoms with van der Waals surface area (Å²) in [6.45, 7) is 8.04. The molecule has 6 heteroatoms. The zero-order valence-electron chi connectivity index (χ0n) is 13.2. The van der Waals surface area contributed by atoms with Crippen molar-refractivity contribution in [3.05, 3.63) is 35.2 Å². The maximum Gasteiger partial charge on any atom is 0.138 e. The van der Waals surface area contributed by atoms with E-state index < -0.39 is 0 Å². The van der Waals surface area contributed by atoms with E-state index in [4.69, 9.17) is 0 Å². The summed E-state index contributed by atoms with van der Waals surface area (Å²) in [5, 5.41) is 11.1. The molecule has 1 N–H and O–H groups in total. The van der Waals surface area contributed by atoms with Gasteiger partial charge in [-0.05, 0) is 36.3 Å². The second-order valence-corrected chi connectivity index (χ2v) is 6.71. The zero-order chi connectivity index (χ0) is 15.5. The topological polar surface area (TPSA) is 55.6 Å². The lowest BCUT2D eigenvalue weighted by Crippen LogP contribution is -2.12. The highest BCUT2D eigenvalue weighted by Crippen LogP contribution is 2.31. The van der Waals surface area contributed by atoms with Crippen molar-refractivity contribution in [1.29, 1.82) is 0 Å². The van der Waals surface area contributed by atoms with Crippen LogP contribution in [0.25, 0.3) is 10.2 Å². The van der Waals surface area contributed by atoms with Gasteiger partial charge in [0.25, 0.3) is 0 Å². The summed E-state index contributed by atoms with van der Waals surface area (Å²) in [6.07, 6.45) is 4.82. The normalized spacial score (nSPS) is 11.5. The first-order valence-electron chi connectivity index (χ1n) is 7.59. The SMILES string of the molecule is Cc1nc(NCCn2cccn2)c2c(CC(C)C)csc2n1. The number of nitrogens with one attached hydrogen (secondary N) is 1. The molecular weight excluding hydrogens is 294 g/mol. The molecule has 5 nitrogen and oxygen atoms in total. The summed E-state index contributed by atoms with van der Waals surface area (Å²) in [5.74, 6) is 2.38. The molecule has 0 aromatic carbocycles. The molecule has 3 aromatic heterocycles. The highest BCUT2D eigenvalue weighted by Gasteiger charge is 2.13. The second kappa shape index (κ2) is 6.44. The molecule has 0 bridgehead atoms. The molecule has 22 heavy (non-hydrogen) atoms. The lowest BCUT2D eigenvalue weighted by Gasteiger charge is -2.10. The number of fused-ring (bicyclic) bond motifs is 1. The van der Waals surface area contributed by atoms with E-state index in [0.717, 1.165) is 36.0 Å². The predicted molar refractivity (Wildman–Crippen MR) is 91.4 cm³/mol. The van der Waals surface area contributed by atoms with Gasteiger partial charge >= 0.3 is 0 Å². The Morgan fingerprint density at radius 3 is 2.91 bits per heavy atom. The van der Waals surface area contributed by atoms with E-state index in [1.165, 1.54) is 10.9 Å². The van der Waals surface area contributed by atoms with Crippen LogP contribution in [0.1, 0.15) is 25.2 Å². The molecule has 3 rings (SSSR count). The van der Waals surface area contributed by atoms with Crippen LogP contribution in [0.15, 0.2) is 23.8 Å². The minimum atomic E-state index is 0.621. The minimum Gasteiger partial charge on any atom is -0.368 e. The summed E-state index contributed by atoms with van der Waals surface area (Å²) in [5.41, 5.74) is 1.34. The number of aryl methyl sites for hydroxylation is 1. The Morgan fingerprint density at radius 2 is 2.18 bits per heavy atom. The molecule has 3 heterocycles. The van der Waals surface area contributed by atoms with Crippen molar-refractivity contribution in [1.82, 2.24) is 19.7 Å². The molecule has 0 amide bonds. The Hall–Kier alpha value is -1.95. The molecule has 0 aliphatic rings. The highest BCUT2D eigenvalue weighted by molar-refractivity contribution is 7.17. The van der Waals surface area contributed by atoms with Crippen LogP contribution in [0.3, 0.4) is 0 Å². The van der Waals surface area contributed by atoms with Crippen LogP contribution in [-0.2, 0) is 13.0 Å². The number of nitrogens with zero attached hydrogens (tertiary/aromatic N) is 4. The second-order valence-electron chi connectivity index (χ2n) is 5.85. The van der Waals surface area contributed by atoms with Gasteiger partial charge in [-0.2, -0.15) is 5.10 Å². The van der Waals surface area contributed by atoms with E-state index in [-0.39, 0.29) is 0 Å². The quantitative estimate of drug-likeness (QED) is 0.756. The smallest absolute Gasteiger partial charge is 0.138 e. The molecule has 0 unspecified atom stereocenters. The maximum atomic E-state index is 4.62.